The second kappa shape index (κ2) is 16.6. The first kappa shape index (κ1) is 41.2. The number of nitrogens with two attached hydrogens (primary N) is 1. The van der Waals surface area contributed by atoms with Gasteiger partial charge in [0, 0.05) is 74.9 Å². The van der Waals surface area contributed by atoms with Gasteiger partial charge in [0.2, 0.25) is 5.91 Å². The van der Waals surface area contributed by atoms with E-state index in [1.54, 1.807) is 35.0 Å². The second-order valence-corrected chi connectivity index (χ2v) is 17.0. The zero-order chi connectivity index (χ0) is 43.3. The molecule has 0 radical (unpaired) electrons. The number of carbonyl (C=O) groups is 3. The van der Waals surface area contributed by atoms with Crippen molar-refractivity contribution in [2.45, 2.75) is 57.6 Å². The molecule has 0 aliphatic carbocycles. The largest absolute Gasteiger partial charge is 0.507 e. The third kappa shape index (κ3) is 8.01. The fourth-order valence-electron chi connectivity index (χ4n) is 9.49. The number of ether oxygens (including phenoxy) is 1. The minimum atomic E-state index is -3.01. The van der Waals surface area contributed by atoms with Crippen molar-refractivity contribution >= 4 is 46.1 Å². The molecule has 4 fully saturated rings. The number of benzene rings is 2. The number of pyridine rings is 1. The Kier molecular flexibility index (Phi) is 11.0. The average Bonchev–Trinajstić information content (AvgIpc) is 3.58. The number of fused-ring (bicyclic) bond motifs is 1. The third-order valence-corrected chi connectivity index (χ3v) is 12.9. The van der Waals surface area contributed by atoms with E-state index in [4.69, 9.17) is 10.5 Å². The number of morpholine rings is 1. The van der Waals surface area contributed by atoms with Crippen LogP contribution in [0.25, 0.3) is 22.3 Å². The quantitative estimate of drug-likeness (QED) is 0.171. The summed E-state index contributed by atoms with van der Waals surface area (Å²) in [7, 11) is 0. The van der Waals surface area contributed by atoms with Crippen molar-refractivity contribution in [2.24, 2.45) is 5.92 Å². The summed E-state index contributed by atoms with van der Waals surface area (Å²) in [5.74, 6) is -2.80. The fraction of sp³-hybridized carbons (Fsp3) is 0.422. The van der Waals surface area contributed by atoms with Crippen LogP contribution in [0.15, 0.2) is 67.0 Å². The lowest BCUT2D eigenvalue weighted by molar-refractivity contribution is -0.120. The molecule has 15 nitrogen and oxygen atoms in total. The van der Waals surface area contributed by atoms with Crippen LogP contribution in [-0.2, 0) is 9.53 Å². The Morgan fingerprint density at radius 3 is 2.55 bits per heavy atom. The predicted octanol–water partition coefficient (Wildman–Crippen LogP) is 5.86. The zero-order valence-electron chi connectivity index (χ0n) is 34.8. The van der Waals surface area contributed by atoms with Gasteiger partial charge >= 0.3 is 6.03 Å². The minimum absolute atomic E-state index is 0.0392. The molecular formula is C45H50F2N10O5. The normalized spacial score (nSPS) is 21.4. The van der Waals surface area contributed by atoms with Gasteiger partial charge in [-0.25, -0.2) is 18.6 Å². The lowest BCUT2D eigenvalue weighted by Crippen LogP contribution is -2.51. The van der Waals surface area contributed by atoms with Gasteiger partial charge in [-0.2, -0.15) is 0 Å². The number of nitrogens with one attached hydrogen (secondary N) is 1. The van der Waals surface area contributed by atoms with E-state index in [0.717, 1.165) is 29.5 Å². The van der Waals surface area contributed by atoms with Gasteiger partial charge in [-0.15, -0.1) is 10.2 Å². The summed E-state index contributed by atoms with van der Waals surface area (Å²) in [5.41, 5.74) is 12.2. The number of alkyl halides is 2. The lowest BCUT2D eigenvalue weighted by Gasteiger charge is -2.41. The van der Waals surface area contributed by atoms with Crippen molar-refractivity contribution in [1.82, 2.24) is 34.9 Å². The first-order valence-corrected chi connectivity index (χ1v) is 21.2. The Hall–Kier alpha value is -6.20. The molecule has 0 bridgehead atoms. The van der Waals surface area contributed by atoms with Crippen molar-refractivity contribution in [2.75, 3.05) is 74.5 Å². The first-order valence-electron chi connectivity index (χ1n) is 21.2. The molecule has 324 valence electrons. The number of carbonyl (C=O) groups excluding carboxylic acids is 3. The number of amides is 4. The number of halogens is 2. The molecule has 7 heterocycles. The monoisotopic (exact) mass is 848 g/mol. The van der Waals surface area contributed by atoms with Crippen molar-refractivity contribution < 1.29 is 33.0 Å². The van der Waals surface area contributed by atoms with Crippen LogP contribution in [0, 0.1) is 19.8 Å². The van der Waals surface area contributed by atoms with E-state index in [-0.39, 0.29) is 61.3 Å². The van der Waals surface area contributed by atoms with Gasteiger partial charge in [-0.3, -0.25) is 24.7 Å². The topological polar surface area (TPSA) is 175 Å². The average molecular weight is 849 g/mol. The number of hydrogen-bond acceptors (Lipinski definition) is 11. The molecule has 3 aromatic heterocycles. The van der Waals surface area contributed by atoms with Crippen LogP contribution in [0.2, 0.25) is 0 Å². The Balaban J connectivity index is 0.790. The summed E-state index contributed by atoms with van der Waals surface area (Å²) in [6.45, 7) is 7.37. The number of para-hydroxylation sites is 1. The maximum atomic E-state index is 16.0. The molecule has 9 rings (SSSR count). The Labute approximate surface area is 357 Å². The van der Waals surface area contributed by atoms with E-state index >= 15 is 8.78 Å². The number of nitrogen functional groups attached to an aromatic ring is 1. The summed E-state index contributed by atoms with van der Waals surface area (Å²) < 4.78 is 39.8. The van der Waals surface area contributed by atoms with Gasteiger partial charge in [-0.1, -0.05) is 24.3 Å². The number of aromatic hydroxyl groups is 1. The van der Waals surface area contributed by atoms with Crippen LogP contribution in [-0.4, -0.2) is 117 Å². The lowest BCUT2D eigenvalue weighted by atomic mass is 9.93. The minimum Gasteiger partial charge on any atom is -0.507 e. The number of imide groups is 1. The van der Waals surface area contributed by atoms with Gasteiger partial charge in [0.15, 0.2) is 5.82 Å². The number of urea groups is 1. The highest BCUT2D eigenvalue weighted by molar-refractivity contribution is 6.06. The fourth-order valence-corrected chi connectivity index (χ4v) is 9.49. The zero-order valence-corrected chi connectivity index (χ0v) is 34.8. The van der Waals surface area contributed by atoms with Crippen molar-refractivity contribution in [3.05, 3.63) is 89.2 Å². The van der Waals surface area contributed by atoms with Crippen LogP contribution >= 0.6 is 0 Å². The third-order valence-electron chi connectivity index (χ3n) is 12.9. The molecule has 4 amide bonds. The molecule has 5 aromatic rings. The molecule has 4 N–H and O–H groups in total. The second-order valence-electron chi connectivity index (χ2n) is 17.0. The van der Waals surface area contributed by atoms with Crippen LogP contribution in [0.3, 0.4) is 0 Å². The van der Waals surface area contributed by atoms with Gasteiger partial charge in [0.05, 0.1) is 36.4 Å². The highest BCUT2D eigenvalue weighted by atomic mass is 19.3. The smallest absolute Gasteiger partial charge is 0.328 e. The van der Waals surface area contributed by atoms with E-state index in [2.05, 4.69) is 25.4 Å². The maximum Gasteiger partial charge on any atom is 0.328 e. The van der Waals surface area contributed by atoms with E-state index in [1.165, 1.54) is 11.1 Å². The van der Waals surface area contributed by atoms with Crippen molar-refractivity contribution in [1.29, 1.82) is 0 Å². The van der Waals surface area contributed by atoms with Gasteiger partial charge in [0.25, 0.3) is 11.8 Å². The summed E-state index contributed by atoms with van der Waals surface area (Å²) >= 11 is 0. The molecule has 4 saturated heterocycles. The molecule has 4 aliphatic heterocycles. The molecule has 17 heteroatoms. The van der Waals surface area contributed by atoms with Gasteiger partial charge < -0.3 is 29.9 Å². The number of likely N-dealkylation sites (tertiary alicyclic amines) is 2. The van der Waals surface area contributed by atoms with Crippen molar-refractivity contribution in [3.8, 4) is 17.0 Å². The number of aromatic nitrogens is 4. The molecule has 2 aromatic carbocycles. The summed E-state index contributed by atoms with van der Waals surface area (Å²) in [6.07, 6.45) is 4.84. The first-order chi connectivity index (χ1) is 29.8. The Morgan fingerprint density at radius 2 is 1.79 bits per heavy atom. The summed E-state index contributed by atoms with van der Waals surface area (Å²) in [6, 6.07) is 14.8. The van der Waals surface area contributed by atoms with Crippen molar-refractivity contribution in [3.63, 3.8) is 0 Å². The summed E-state index contributed by atoms with van der Waals surface area (Å²) in [4.78, 5) is 49.7. The number of aryl methyl sites for hydroxylation is 2. The number of hydrogen-bond donors (Lipinski definition) is 3. The molecule has 4 aliphatic rings. The number of piperidine rings is 2. The highest BCUT2D eigenvalue weighted by Gasteiger charge is 2.46. The van der Waals surface area contributed by atoms with E-state index < -0.39 is 18.0 Å². The van der Waals surface area contributed by atoms with Crippen LogP contribution < -0.4 is 20.9 Å². The molecule has 1 unspecified atom stereocenters. The number of anilines is 3. The number of rotatable bonds is 8. The summed E-state index contributed by atoms with van der Waals surface area (Å²) in [5, 5.41) is 21.8. The van der Waals surface area contributed by atoms with Crippen LogP contribution in [0.1, 0.15) is 64.9 Å². The molecule has 0 saturated carbocycles. The SMILES string of the molecule is Cc1cc([C@H]2CN(c3cc(-c4ccccc4O)nnc3N)CCO2)ccc1C(=O)N1CCC(CN2CCC(n3cc(C)c4cc(N5CCC(=O)NC5=O)cnc43)C(F)(F)C2)CC1. The molecule has 0 spiro atoms. The van der Waals surface area contributed by atoms with Crippen LogP contribution in [0.4, 0.5) is 30.8 Å². The molecule has 2 atom stereocenters. The molecular weight excluding hydrogens is 799 g/mol. The van der Waals surface area contributed by atoms with Gasteiger partial charge in [0.1, 0.15) is 23.5 Å². The molecule has 62 heavy (non-hydrogen) atoms. The van der Waals surface area contributed by atoms with Crippen LogP contribution in [0.5, 0.6) is 5.75 Å². The Bertz CT molecular complexity index is 2540. The van der Waals surface area contributed by atoms with E-state index in [9.17, 15) is 19.5 Å². The van der Waals surface area contributed by atoms with E-state index in [0.29, 0.717) is 85.1 Å². The maximum absolute atomic E-state index is 16.0. The number of phenolic OH excluding ortho intramolecular Hbond substituents is 1. The highest BCUT2D eigenvalue weighted by Crippen LogP contribution is 2.41. The van der Waals surface area contributed by atoms with E-state index in [1.807, 2.05) is 54.0 Å². The predicted molar refractivity (Wildman–Crippen MR) is 229 cm³/mol. The standard InChI is InChI=1S/C45H50F2N10O5/c1-27-19-30(38-25-55(17-18-62-38)36-21-35(51-52-41(36)48)33-5-3-4-6-37(33)58)7-8-32(27)43(60)54-14-9-29(10-15-54)24-53-13-11-39(45(46,47)26-53)57-23-28(2)34-20-31(22-49-42(34)57)56-16-12-40(59)50-44(56)61/h3-8,19-23,29,38-39,58H,9-18,24-26H2,1-2H3,(H2,48,52)(H,50,59,61)/t38-,39?/m1/s1. The van der Waals surface area contributed by atoms with Gasteiger partial charge in [-0.05, 0) is 86.1 Å². The number of nitrogens with zero attached hydrogens (tertiary/aromatic N) is 8. The Morgan fingerprint density at radius 1 is 0.984 bits per heavy atom. The number of phenols is 1.